The van der Waals surface area contributed by atoms with Gasteiger partial charge in [0.25, 0.3) is 0 Å². The van der Waals surface area contributed by atoms with Crippen LogP contribution in [0.2, 0.25) is 0 Å². The highest BCUT2D eigenvalue weighted by Gasteiger charge is 2.18. The van der Waals surface area contributed by atoms with Gasteiger partial charge in [0.1, 0.15) is 6.07 Å². The van der Waals surface area contributed by atoms with E-state index >= 15 is 0 Å². The van der Waals surface area contributed by atoms with Crippen LogP contribution in [-0.2, 0) is 0 Å². The number of aryl methyl sites for hydroxylation is 1. The molecule has 0 aromatic heterocycles. The Kier molecular flexibility index (Phi) is 4.25. The molecule has 0 amide bonds. The lowest BCUT2D eigenvalue weighted by Gasteiger charge is -2.27. The SMILES string of the molecule is Cc1ccc(C#N)c(NCC2CCCC(C)C2)c1. The van der Waals surface area contributed by atoms with Crippen LogP contribution in [0.1, 0.15) is 43.7 Å². The van der Waals surface area contributed by atoms with Crippen molar-refractivity contribution in [2.45, 2.75) is 39.5 Å². The van der Waals surface area contributed by atoms with E-state index in [1.54, 1.807) is 0 Å². The van der Waals surface area contributed by atoms with E-state index in [0.29, 0.717) is 0 Å². The van der Waals surface area contributed by atoms with Crippen LogP contribution in [0.25, 0.3) is 0 Å². The molecule has 1 fully saturated rings. The number of rotatable bonds is 3. The average Bonchev–Trinajstić information content (AvgIpc) is 2.37. The molecule has 2 nitrogen and oxygen atoms in total. The van der Waals surface area contributed by atoms with Crippen molar-refractivity contribution in [2.75, 3.05) is 11.9 Å². The van der Waals surface area contributed by atoms with Gasteiger partial charge in [-0.3, -0.25) is 0 Å². The van der Waals surface area contributed by atoms with Gasteiger partial charge in [-0.25, -0.2) is 0 Å². The molecule has 18 heavy (non-hydrogen) atoms. The Morgan fingerprint density at radius 3 is 2.94 bits per heavy atom. The van der Waals surface area contributed by atoms with Crippen LogP contribution in [0, 0.1) is 30.1 Å². The third kappa shape index (κ3) is 3.26. The normalized spacial score (nSPS) is 23.4. The van der Waals surface area contributed by atoms with Crippen molar-refractivity contribution in [3.05, 3.63) is 29.3 Å². The number of hydrogen-bond donors (Lipinski definition) is 1. The molecule has 1 aromatic carbocycles. The minimum absolute atomic E-state index is 0.754. The first-order valence-corrected chi connectivity index (χ1v) is 6.93. The zero-order valence-electron chi connectivity index (χ0n) is 11.4. The average molecular weight is 242 g/mol. The highest BCUT2D eigenvalue weighted by atomic mass is 14.9. The van der Waals surface area contributed by atoms with Crippen LogP contribution in [0.5, 0.6) is 0 Å². The molecule has 96 valence electrons. The zero-order chi connectivity index (χ0) is 13.0. The van der Waals surface area contributed by atoms with Gasteiger partial charge in [0.05, 0.1) is 11.3 Å². The number of benzene rings is 1. The maximum absolute atomic E-state index is 9.10. The van der Waals surface area contributed by atoms with Gasteiger partial charge in [-0.05, 0) is 49.3 Å². The van der Waals surface area contributed by atoms with Crippen molar-refractivity contribution in [1.29, 1.82) is 5.26 Å². The Morgan fingerprint density at radius 2 is 2.22 bits per heavy atom. The molecule has 1 N–H and O–H groups in total. The summed E-state index contributed by atoms with van der Waals surface area (Å²) in [6.07, 6.45) is 5.38. The lowest BCUT2D eigenvalue weighted by atomic mass is 9.82. The topological polar surface area (TPSA) is 35.8 Å². The smallest absolute Gasteiger partial charge is 0.101 e. The van der Waals surface area contributed by atoms with Gasteiger partial charge in [-0.1, -0.05) is 25.8 Å². The van der Waals surface area contributed by atoms with E-state index in [1.165, 1.54) is 31.2 Å². The van der Waals surface area contributed by atoms with Gasteiger partial charge < -0.3 is 5.32 Å². The molecule has 1 aliphatic carbocycles. The van der Waals surface area contributed by atoms with Gasteiger partial charge in [0, 0.05) is 6.54 Å². The van der Waals surface area contributed by atoms with Crippen molar-refractivity contribution in [1.82, 2.24) is 0 Å². The lowest BCUT2D eigenvalue weighted by Crippen LogP contribution is -2.21. The summed E-state index contributed by atoms with van der Waals surface area (Å²) in [6, 6.07) is 8.23. The van der Waals surface area contributed by atoms with Gasteiger partial charge in [-0.2, -0.15) is 5.26 Å². The number of hydrogen-bond acceptors (Lipinski definition) is 2. The van der Waals surface area contributed by atoms with Crippen LogP contribution in [0.15, 0.2) is 18.2 Å². The molecule has 2 unspecified atom stereocenters. The fourth-order valence-electron chi connectivity index (χ4n) is 2.90. The van der Waals surface area contributed by atoms with Crippen LogP contribution >= 0.6 is 0 Å². The molecule has 1 aliphatic rings. The van der Waals surface area contributed by atoms with Crippen molar-refractivity contribution < 1.29 is 0 Å². The summed E-state index contributed by atoms with van der Waals surface area (Å²) in [5.74, 6) is 1.62. The second-order valence-electron chi connectivity index (χ2n) is 5.68. The van der Waals surface area contributed by atoms with Crippen molar-refractivity contribution in [3.8, 4) is 6.07 Å². The third-order valence-electron chi connectivity index (χ3n) is 3.92. The summed E-state index contributed by atoms with van der Waals surface area (Å²) in [5, 5.41) is 12.6. The summed E-state index contributed by atoms with van der Waals surface area (Å²) < 4.78 is 0. The molecule has 0 aliphatic heterocycles. The number of anilines is 1. The molecule has 0 heterocycles. The van der Waals surface area contributed by atoms with Crippen molar-refractivity contribution >= 4 is 5.69 Å². The van der Waals surface area contributed by atoms with Crippen molar-refractivity contribution in [2.24, 2.45) is 11.8 Å². The Morgan fingerprint density at radius 1 is 1.39 bits per heavy atom. The van der Waals surface area contributed by atoms with Crippen LogP contribution in [0.4, 0.5) is 5.69 Å². The molecule has 2 rings (SSSR count). The highest BCUT2D eigenvalue weighted by molar-refractivity contribution is 5.58. The number of nitrogens with one attached hydrogen (secondary N) is 1. The first kappa shape index (κ1) is 13.0. The van der Waals surface area contributed by atoms with E-state index < -0.39 is 0 Å². The third-order valence-corrected chi connectivity index (χ3v) is 3.92. The Labute approximate surface area is 110 Å². The zero-order valence-corrected chi connectivity index (χ0v) is 11.4. The summed E-state index contributed by atoms with van der Waals surface area (Å²) in [6.45, 7) is 5.41. The van der Waals surface area contributed by atoms with E-state index in [1.807, 2.05) is 12.1 Å². The fourth-order valence-corrected chi connectivity index (χ4v) is 2.90. The molecule has 0 saturated heterocycles. The second kappa shape index (κ2) is 5.91. The second-order valence-corrected chi connectivity index (χ2v) is 5.68. The summed E-state index contributed by atoms with van der Waals surface area (Å²) in [4.78, 5) is 0. The van der Waals surface area contributed by atoms with Crippen LogP contribution in [-0.4, -0.2) is 6.54 Å². The van der Waals surface area contributed by atoms with E-state index in [4.69, 9.17) is 5.26 Å². The van der Waals surface area contributed by atoms with E-state index in [2.05, 4.69) is 31.3 Å². The molecule has 0 bridgehead atoms. The van der Waals surface area contributed by atoms with Crippen molar-refractivity contribution in [3.63, 3.8) is 0 Å². The van der Waals surface area contributed by atoms with Gasteiger partial charge in [0.15, 0.2) is 0 Å². The molecule has 2 heteroatoms. The molecule has 1 saturated carbocycles. The Hall–Kier alpha value is -1.49. The van der Waals surface area contributed by atoms with E-state index in [0.717, 1.165) is 29.6 Å². The predicted octanol–water partition coefficient (Wildman–Crippen LogP) is 4.10. The Bertz CT molecular complexity index is 445. The van der Waals surface area contributed by atoms with E-state index in [-0.39, 0.29) is 0 Å². The van der Waals surface area contributed by atoms with Gasteiger partial charge >= 0.3 is 0 Å². The number of nitrogens with zero attached hydrogens (tertiary/aromatic N) is 1. The largest absolute Gasteiger partial charge is 0.384 e. The molecule has 1 aromatic rings. The first-order valence-electron chi connectivity index (χ1n) is 6.93. The summed E-state index contributed by atoms with van der Waals surface area (Å²) >= 11 is 0. The molecule has 0 radical (unpaired) electrons. The van der Waals surface area contributed by atoms with Gasteiger partial charge in [0.2, 0.25) is 0 Å². The molecule has 2 atom stereocenters. The van der Waals surface area contributed by atoms with Crippen LogP contribution < -0.4 is 5.32 Å². The summed E-state index contributed by atoms with van der Waals surface area (Å²) in [7, 11) is 0. The van der Waals surface area contributed by atoms with E-state index in [9.17, 15) is 0 Å². The minimum atomic E-state index is 0.754. The monoisotopic (exact) mass is 242 g/mol. The minimum Gasteiger partial charge on any atom is -0.384 e. The van der Waals surface area contributed by atoms with Gasteiger partial charge in [-0.15, -0.1) is 0 Å². The maximum Gasteiger partial charge on any atom is 0.101 e. The molecule has 0 spiro atoms. The maximum atomic E-state index is 9.10. The number of nitriles is 1. The molecular weight excluding hydrogens is 220 g/mol. The van der Waals surface area contributed by atoms with Crippen LogP contribution in [0.3, 0.4) is 0 Å². The first-order chi connectivity index (χ1) is 8.69. The predicted molar refractivity (Wildman–Crippen MR) is 75.5 cm³/mol. The quantitative estimate of drug-likeness (QED) is 0.866. The Balaban J connectivity index is 1.97. The lowest BCUT2D eigenvalue weighted by molar-refractivity contribution is 0.293. The summed E-state index contributed by atoms with van der Waals surface area (Å²) in [5.41, 5.74) is 2.95. The fraction of sp³-hybridized carbons (Fsp3) is 0.562. The molecular formula is C16H22N2. The standard InChI is InChI=1S/C16H22N2/c1-12-4-3-5-14(8-12)11-18-16-9-13(2)6-7-15(16)10-17/h6-7,9,12,14,18H,3-5,8,11H2,1-2H3. The highest BCUT2D eigenvalue weighted by Crippen LogP contribution is 2.29.